The molecule has 0 aromatic carbocycles. The maximum Gasteiger partial charge on any atom is 0.374 e. The van der Waals surface area contributed by atoms with Crippen molar-refractivity contribution in [1.82, 2.24) is 19.9 Å². The third-order valence-electron chi connectivity index (χ3n) is 3.45. The van der Waals surface area contributed by atoms with Gasteiger partial charge in [-0.25, -0.2) is 19.6 Å². The van der Waals surface area contributed by atoms with Crippen molar-refractivity contribution in [3.63, 3.8) is 0 Å². The van der Waals surface area contributed by atoms with Gasteiger partial charge in [-0.15, -0.1) is 0 Å². The first-order chi connectivity index (χ1) is 11.2. The molecule has 0 bridgehead atoms. The predicted molar refractivity (Wildman–Crippen MR) is 85.4 cm³/mol. The largest absolute Gasteiger partial charge is 0.454 e. The molecule has 8 heteroatoms. The van der Waals surface area contributed by atoms with Crippen LogP contribution in [0, 0.1) is 0 Å². The summed E-state index contributed by atoms with van der Waals surface area (Å²) in [5.41, 5.74) is -1.45. The lowest BCUT2D eigenvalue weighted by molar-refractivity contribution is -0.0335. The summed E-state index contributed by atoms with van der Waals surface area (Å²) < 4.78 is 10.9. The van der Waals surface area contributed by atoms with Crippen LogP contribution in [0.4, 0.5) is 0 Å². The minimum atomic E-state index is -0.724. The van der Waals surface area contributed by atoms with Gasteiger partial charge in [0.2, 0.25) is 11.6 Å². The lowest BCUT2D eigenvalue weighted by Gasteiger charge is -2.30. The summed E-state index contributed by atoms with van der Waals surface area (Å²) in [6, 6.07) is 0. The van der Waals surface area contributed by atoms with Crippen LogP contribution in [0.1, 0.15) is 61.8 Å². The molecule has 8 nitrogen and oxygen atoms in total. The fraction of sp³-hybridized carbons (Fsp3) is 0.500. The highest BCUT2D eigenvalue weighted by atomic mass is 16.6. The summed E-state index contributed by atoms with van der Waals surface area (Å²) in [5.74, 6) is -0.719. The van der Waals surface area contributed by atoms with Crippen molar-refractivity contribution in [3.05, 3.63) is 36.4 Å². The van der Waals surface area contributed by atoms with Gasteiger partial charge in [-0.2, -0.15) is 0 Å². The molecule has 2 aromatic heterocycles. The van der Waals surface area contributed by atoms with E-state index in [0.29, 0.717) is 12.8 Å². The Morgan fingerprint density at radius 1 is 0.875 bits per heavy atom. The van der Waals surface area contributed by atoms with Gasteiger partial charge in [0.25, 0.3) is 0 Å². The first-order valence-electron chi connectivity index (χ1n) is 7.64. The van der Waals surface area contributed by atoms with E-state index in [4.69, 9.17) is 9.47 Å². The second kappa shape index (κ2) is 6.86. The standard InChI is InChI=1S/C16H22N4O4/c1-15(2,23-13(21)11-17-7-8-18-11)5-6-16(3,4)24-14(22)12-19-9-10-20-12/h7-10H,5-6H2,1-4H3,(H,17,18)(H,19,20). The van der Waals surface area contributed by atoms with Gasteiger partial charge >= 0.3 is 11.9 Å². The molecule has 2 rings (SSSR count). The van der Waals surface area contributed by atoms with Gasteiger partial charge in [-0.05, 0) is 40.5 Å². The van der Waals surface area contributed by atoms with Crippen LogP contribution < -0.4 is 0 Å². The Balaban J connectivity index is 1.87. The average Bonchev–Trinajstić information content (AvgIpc) is 3.17. The molecule has 130 valence electrons. The van der Waals surface area contributed by atoms with Gasteiger partial charge in [0, 0.05) is 24.8 Å². The number of ether oxygens (including phenoxy) is 2. The Morgan fingerprint density at radius 2 is 1.25 bits per heavy atom. The van der Waals surface area contributed by atoms with Crippen molar-refractivity contribution in [2.24, 2.45) is 0 Å². The number of H-pyrrole nitrogens is 2. The van der Waals surface area contributed by atoms with Gasteiger partial charge in [0.15, 0.2) is 0 Å². The number of imidazole rings is 2. The number of rotatable bonds is 7. The maximum atomic E-state index is 12.0. The molecule has 0 fully saturated rings. The van der Waals surface area contributed by atoms with Crippen molar-refractivity contribution in [2.75, 3.05) is 0 Å². The highest BCUT2D eigenvalue weighted by Crippen LogP contribution is 2.26. The smallest absolute Gasteiger partial charge is 0.374 e. The zero-order chi connectivity index (χ0) is 17.8. The molecule has 0 saturated carbocycles. The Kier molecular flexibility index (Phi) is 5.06. The van der Waals surface area contributed by atoms with Crippen LogP contribution in [0.2, 0.25) is 0 Å². The summed E-state index contributed by atoms with van der Waals surface area (Å²) in [5, 5.41) is 0. The van der Waals surface area contributed by atoms with Crippen molar-refractivity contribution < 1.29 is 19.1 Å². The fourth-order valence-electron chi connectivity index (χ4n) is 2.06. The first kappa shape index (κ1) is 17.7. The number of nitrogens with one attached hydrogen (secondary N) is 2. The summed E-state index contributed by atoms with van der Waals surface area (Å²) in [7, 11) is 0. The lowest BCUT2D eigenvalue weighted by Crippen LogP contribution is -2.34. The van der Waals surface area contributed by atoms with E-state index in [0.717, 1.165) is 0 Å². The molecule has 0 aliphatic carbocycles. The van der Waals surface area contributed by atoms with Crippen LogP contribution in [-0.2, 0) is 9.47 Å². The van der Waals surface area contributed by atoms with Crippen molar-refractivity contribution >= 4 is 11.9 Å². The molecule has 24 heavy (non-hydrogen) atoms. The molecule has 2 N–H and O–H groups in total. The Labute approximate surface area is 140 Å². The molecular formula is C16H22N4O4. The van der Waals surface area contributed by atoms with E-state index in [9.17, 15) is 9.59 Å². The number of aromatic amines is 2. The summed E-state index contributed by atoms with van der Waals surface area (Å²) in [4.78, 5) is 37.1. The Hall–Kier alpha value is -2.64. The topological polar surface area (TPSA) is 110 Å². The van der Waals surface area contributed by atoms with E-state index in [-0.39, 0.29) is 11.6 Å². The van der Waals surface area contributed by atoms with Crippen molar-refractivity contribution in [2.45, 2.75) is 51.7 Å². The van der Waals surface area contributed by atoms with E-state index in [1.54, 1.807) is 40.1 Å². The third-order valence-corrected chi connectivity index (χ3v) is 3.45. The Bertz CT molecular complexity index is 615. The van der Waals surface area contributed by atoms with Crippen molar-refractivity contribution in [1.29, 1.82) is 0 Å². The van der Waals surface area contributed by atoms with Crippen molar-refractivity contribution in [3.8, 4) is 0 Å². The SMILES string of the molecule is CC(C)(CCC(C)(C)OC(=O)c1ncc[nH]1)OC(=O)c1ncc[nH]1. The number of hydrogen-bond donors (Lipinski definition) is 2. The molecule has 0 saturated heterocycles. The molecule has 2 aromatic rings. The van der Waals surface area contributed by atoms with Gasteiger partial charge in [-0.1, -0.05) is 0 Å². The molecule has 0 radical (unpaired) electrons. The maximum absolute atomic E-state index is 12.0. The number of nitrogens with zero attached hydrogens (tertiary/aromatic N) is 2. The zero-order valence-electron chi connectivity index (χ0n) is 14.3. The minimum absolute atomic E-state index is 0.159. The minimum Gasteiger partial charge on any atom is -0.454 e. The second-order valence-corrected chi connectivity index (χ2v) is 6.67. The molecule has 0 aliphatic heterocycles. The van der Waals surface area contributed by atoms with Gasteiger partial charge in [-0.3, -0.25) is 0 Å². The molecular weight excluding hydrogens is 312 g/mol. The highest BCUT2D eigenvalue weighted by molar-refractivity contribution is 5.85. The average molecular weight is 334 g/mol. The van der Waals surface area contributed by atoms with Gasteiger partial charge < -0.3 is 19.4 Å². The number of esters is 2. The van der Waals surface area contributed by atoms with Crippen LogP contribution in [0.15, 0.2) is 24.8 Å². The molecule has 0 unspecified atom stereocenters. The van der Waals surface area contributed by atoms with Crippen LogP contribution in [0.5, 0.6) is 0 Å². The van der Waals surface area contributed by atoms with Crippen LogP contribution in [0.25, 0.3) is 0 Å². The molecule has 0 atom stereocenters. The van der Waals surface area contributed by atoms with E-state index >= 15 is 0 Å². The summed E-state index contributed by atoms with van der Waals surface area (Å²) in [6.45, 7) is 7.22. The zero-order valence-corrected chi connectivity index (χ0v) is 14.3. The van der Waals surface area contributed by atoms with E-state index in [2.05, 4.69) is 19.9 Å². The quantitative estimate of drug-likeness (QED) is 0.753. The van der Waals surface area contributed by atoms with E-state index in [1.807, 2.05) is 0 Å². The first-order valence-corrected chi connectivity index (χ1v) is 7.64. The molecule has 0 spiro atoms. The molecule has 0 amide bonds. The third kappa shape index (κ3) is 4.94. The Morgan fingerprint density at radius 3 is 1.54 bits per heavy atom. The number of aromatic nitrogens is 4. The molecule has 2 heterocycles. The predicted octanol–water partition coefficient (Wildman–Crippen LogP) is 2.48. The monoisotopic (exact) mass is 334 g/mol. The van der Waals surface area contributed by atoms with Crippen LogP contribution >= 0.6 is 0 Å². The number of hydrogen-bond acceptors (Lipinski definition) is 6. The van der Waals surface area contributed by atoms with E-state index in [1.165, 1.54) is 12.4 Å². The summed E-state index contributed by atoms with van der Waals surface area (Å²) in [6.07, 6.45) is 7.11. The normalized spacial score (nSPS) is 12.0. The fourth-order valence-corrected chi connectivity index (χ4v) is 2.06. The molecule has 0 aliphatic rings. The summed E-state index contributed by atoms with van der Waals surface area (Å²) >= 11 is 0. The lowest BCUT2D eigenvalue weighted by atomic mass is 9.93. The van der Waals surface area contributed by atoms with Crippen LogP contribution in [0.3, 0.4) is 0 Å². The number of carbonyl (C=O) groups is 2. The van der Waals surface area contributed by atoms with Gasteiger partial charge in [0.1, 0.15) is 11.2 Å². The van der Waals surface area contributed by atoms with E-state index < -0.39 is 23.1 Å². The second-order valence-electron chi connectivity index (χ2n) is 6.67. The van der Waals surface area contributed by atoms with Crippen LogP contribution in [-0.4, -0.2) is 43.1 Å². The highest BCUT2D eigenvalue weighted by Gasteiger charge is 2.31. The van der Waals surface area contributed by atoms with Gasteiger partial charge in [0.05, 0.1) is 0 Å². The number of carbonyl (C=O) groups excluding carboxylic acids is 2.